The normalized spacial score (nSPS) is 26.6. The lowest BCUT2D eigenvalue weighted by atomic mass is 9.92. The molecule has 2 nitrogen and oxygen atoms in total. The van der Waals surface area contributed by atoms with Crippen molar-refractivity contribution >= 4 is 0 Å². The second kappa shape index (κ2) is 4.84. The highest BCUT2D eigenvalue weighted by atomic mass is 15.2. The molecule has 0 radical (unpaired) electrons. The lowest BCUT2D eigenvalue weighted by Gasteiger charge is -2.44. The second-order valence-electron chi connectivity index (χ2n) is 5.36. The van der Waals surface area contributed by atoms with E-state index in [9.17, 15) is 0 Å². The van der Waals surface area contributed by atoms with Crippen LogP contribution in [0.2, 0.25) is 0 Å². The number of likely N-dealkylation sites (N-methyl/N-ethyl adjacent to an activating group) is 1. The second-order valence-corrected chi connectivity index (χ2v) is 5.36. The average Bonchev–Trinajstić information content (AvgIpc) is 2.90. The Hall–Kier alpha value is -0.0800. The van der Waals surface area contributed by atoms with Crippen LogP contribution in [0.4, 0.5) is 0 Å². The summed E-state index contributed by atoms with van der Waals surface area (Å²) in [5.41, 5.74) is 6.45. The molecule has 0 saturated heterocycles. The van der Waals surface area contributed by atoms with E-state index < -0.39 is 0 Å². The molecule has 0 aromatic carbocycles. The molecule has 0 aromatic heterocycles. The summed E-state index contributed by atoms with van der Waals surface area (Å²) in [4.78, 5) is 2.76. The Kier molecular flexibility index (Phi) is 3.68. The topological polar surface area (TPSA) is 29.3 Å². The van der Waals surface area contributed by atoms with Crippen LogP contribution in [0.15, 0.2) is 0 Å². The van der Waals surface area contributed by atoms with Gasteiger partial charge in [0.15, 0.2) is 0 Å². The maximum absolute atomic E-state index is 6.07. The molecule has 0 aliphatic heterocycles. The molecule has 0 atom stereocenters. The molecule has 88 valence electrons. The van der Waals surface area contributed by atoms with E-state index in [1.165, 1.54) is 57.9 Å². The number of rotatable bonds is 4. The van der Waals surface area contributed by atoms with Gasteiger partial charge in [0.25, 0.3) is 0 Å². The minimum absolute atomic E-state index is 0.379. The zero-order chi connectivity index (χ0) is 10.7. The fourth-order valence-electron chi connectivity index (χ4n) is 3.84. The van der Waals surface area contributed by atoms with Crippen molar-refractivity contribution in [3.63, 3.8) is 0 Å². The molecule has 2 aliphatic carbocycles. The molecular formula is C13H26N2. The molecule has 0 amide bonds. The molecule has 0 aromatic rings. The number of hydrogen-bond donors (Lipinski definition) is 1. The van der Waals surface area contributed by atoms with E-state index >= 15 is 0 Å². The van der Waals surface area contributed by atoms with Gasteiger partial charge in [-0.05, 0) is 32.2 Å². The van der Waals surface area contributed by atoms with Crippen molar-refractivity contribution < 1.29 is 0 Å². The monoisotopic (exact) mass is 210 g/mol. The van der Waals surface area contributed by atoms with Gasteiger partial charge < -0.3 is 5.73 Å². The summed E-state index contributed by atoms with van der Waals surface area (Å²) < 4.78 is 0. The Morgan fingerprint density at radius 1 is 1.13 bits per heavy atom. The molecule has 2 saturated carbocycles. The summed E-state index contributed by atoms with van der Waals surface area (Å²) in [7, 11) is 0. The van der Waals surface area contributed by atoms with Crippen LogP contribution in [0, 0.1) is 0 Å². The predicted molar refractivity (Wildman–Crippen MR) is 64.9 cm³/mol. The fraction of sp³-hybridized carbons (Fsp3) is 1.00. The standard InChI is InChI=1S/C13H26N2/c1-2-15(12-7-3-4-8-12)13(11-14)9-5-6-10-13/h12H,2-11,14H2,1H3. The van der Waals surface area contributed by atoms with Crippen LogP contribution in [-0.2, 0) is 0 Å². The summed E-state index contributed by atoms with van der Waals surface area (Å²) in [6, 6.07) is 0.844. The Bertz CT molecular complexity index is 191. The molecule has 2 fully saturated rings. The molecule has 2 rings (SSSR count). The third-order valence-corrected chi connectivity index (χ3v) is 4.63. The molecule has 0 unspecified atom stereocenters. The van der Waals surface area contributed by atoms with Gasteiger partial charge in [-0.15, -0.1) is 0 Å². The maximum atomic E-state index is 6.07. The van der Waals surface area contributed by atoms with E-state index in [1.807, 2.05) is 0 Å². The fourth-order valence-corrected chi connectivity index (χ4v) is 3.84. The van der Waals surface area contributed by atoms with Crippen LogP contribution in [0.5, 0.6) is 0 Å². The smallest absolute Gasteiger partial charge is 0.0334 e. The highest BCUT2D eigenvalue weighted by molar-refractivity contribution is 4.98. The van der Waals surface area contributed by atoms with Crippen LogP contribution in [0.3, 0.4) is 0 Å². The van der Waals surface area contributed by atoms with Crippen LogP contribution < -0.4 is 5.73 Å². The van der Waals surface area contributed by atoms with Crippen LogP contribution in [0.25, 0.3) is 0 Å². The zero-order valence-corrected chi connectivity index (χ0v) is 10.2. The van der Waals surface area contributed by atoms with Crippen molar-refractivity contribution in [3.8, 4) is 0 Å². The summed E-state index contributed by atoms with van der Waals surface area (Å²) in [6.07, 6.45) is 11.2. The minimum Gasteiger partial charge on any atom is -0.329 e. The Morgan fingerprint density at radius 2 is 1.73 bits per heavy atom. The zero-order valence-electron chi connectivity index (χ0n) is 10.2. The molecule has 2 heteroatoms. The quantitative estimate of drug-likeness (QED) is 0.772. The first kappa shape index (κ1) is 11.4. The van der Waals surface area contributed by atoms with Crippen molar-refractivity contribution in [1.29, 1.82) is 0 Å². The highest BCUT2D eigenvalue weighted by Crippen LogP contribution is 2.38. The molecule has 0 bridgehead atoms. The van der Waals surface area contributed by atoms with E-state index in [1.54, 1.807) is 0 Å². The van der Waals surface area contributed by atoms with Gasteiger partial charge in [-0.3, -0.25) is 4.90 Å². The van der Waals surface area contributed by atoms with Gasteiger partial charge in [0.2, 0.25) is 0 Å². The van der Waals surface area contributed by atoms with Gasteiger partial charge in [-0.2, -0.15) is 0 Å². The van der Waals surface area contributed by atoms with Crippen molar-refractivity contribution in [2.24, 2.45) is 5.73 Å². The van der Waals surface area contributed by atoms with Gasteiger partial charge in [-0.1, -0.05) is 32.6 Å². The Morgan fingerprint density at radius 3 is 2.20 bits per heavy atom. The first-order chi connectivity index (χ1) is 7.32. The number of nitrogens with two attached hydrogens (primary N) is 1. The summed E-state index contributed by atoms with van der Waals surface area (Å²) in [5.74, 6) is 0. The van der Waals surface area contributed by atoms with Crippen LogP contribution in [0.1, 0.15) is 58.3 Å². The van der Waals surface area contributed by atoms with Gasteiger partial charge in [0.1, 0.15) is 0 Å². The summed E-state index contributed by atoms with van der Waals surface area (Å²) in [6.45, 7) is 4.38. The molecule has 0 spiro atoms. The van der Waals surface area contributed by atoms with Crippen molar-refractivity contribution in [2.75, 3.05) is 13.1 Å². The van der Waals surface area contributed by atoms with E-state index in [0.29, 0.717) is 5.54 Å². The third-order valence-electron chi connectivity index (χ3n) is 4.63. The van der Waals surface area contributed by atoms with E-state index in [-0.39, 0.29) is 0 Å². The maximum Gasteiger partial charge on any atom is 0.0334 e. The Labute approximate surface area is 94.2 Å². The third kappa shape index (κ3) is 2.07. The lowest BCUT2D eigenvalue weighted by Crippen LogP contribution is -2.55. The van der Waals surface area contributed by atoms with Crippen molar-refractivity contribution in [3.05, 3.63) is 0 Å². The lowest BCUT2D eigenvalue weighted by molar-refractivity contribution is 0.0595. The molecule has 0 heterocycles. The van der Waals surface area contributed by atoms with Gasteiger partial charge in [0.05, 0.1) is 0 Å². The largest absolute Gasteiger partial charge is 0.329 e. The van der Waals surface area contributed by atoms with Crippen molar-refractivity contribution in [1.82, 2.24) is 4.90 Å². The minimum atomic E-state index is 0.379. The molecule has 15 heavy (non-hydrogen) atoms. The number of nitrogens with zero attached hydrogens (tertiary/aromatic N) is 1. The highest BCUT2D eigenvalue weighted by Gasteiger charge is 2.41. The van der Waals surface area contributed by atoms with Crippen LogP contribution in [-0.4, -0.2) is 29.6 Å². The van der Waals surface area contributed by atoms with Gasteiger partial charge in [-0.25, -0.2) is 0 Å². The predicted octanol–water partition coefficient (Wildman–Crippen LogP) is 2.52. The van der Waals surface area contributed by atoms with Crippen LogP contribution >= 0.6 is 0 Å². The summed E-state index contributed by atoms with van der Waals surface area (Å²) >= 11 is 0. The van der Waals surface area contributed by atoms with Gasteiger partial charge >= 0.3 is 0 Å². The summed E-state index contributed by atoms with van der Waals surface area (Å²) in [5, 5.41) is 0. The van der Waals surface area contributed by atoms with E-state index in [0.717, 1.165) is 12.6 Å². The number of hydrogen-bond acceptors (Lipinski definition) is 2. The SMILES string of the molecule is CCN(C1CCCC1)C1(CN)CCCC1. The van der Waals surface area contributed by atoms with Gasteiger partial charge in [0, 0.05) is 18.1 Å². The molecule has 2 aliphatic rings. The molecule has 2 N–H and O–H groups in total. The van der Waals surface area contributed by atoms with Crippen molar-refractivity contribution in [2.45, 2.75) is 69.9 Å². The first-order valence-corrected chi connectivity index (χ1v) is 6.79. The molecular weight excluding hydrogens is 184 g/mol. The Balaban J connectivity index is 2.08. The van der Waals surface area contributed by atoms with E-state index in [4.69, 9.17) is 5.73 Å². The first-order valence-electron chi connectivity index (χ1n) is 6.79. The average molecular weight is 210 g/mol. The van der Waals surface area contributed by atoms with E-state index in [2.05, 4.69) is 11.8 Å².